The third-order valence-electron chi connectivity index (χ3n) is 7.09. The summed E-state index contributed by atoms with van der Waals surface area (Å²) in [5, 5.41) is 15.4. The minimum Gasteiger partial charge on any atom is -0.486 e. The van der Waals surface area contributed by atoms with E-state index in [4.69, 9.17) is 9.47 Å². The molecule has 0 spiro atoms. The lowest BCUT2D eigenvalue weighted by molar-refractivity contribution is -0.117. The molecule has 11 heteroatoms. The van der Waals surface area contributed by atoms with Crippen molar-refractivity contribution >= 4 is 55.7 Å². The molecule has 0 atom stereocenters. The van der Waals surface area contributed by atoms with Crippen LogP contribution in [0.5, 0.6) is 5.75 Å². The van der Waals surface area contributed by atoms with E-state index in [0.29, 0.717) is 48.5 Å². The van der Waals surface area contributed by atoms with Gasteiger partial charge in [0.25, 0.3) is 0 Å². The van der Waals surface area contributed by atoms with Crippen molar-refractivity contribution in [2.45, 2.75) is 13.5 Å². The van der Waals surface area contributed by atoms with E-state index in [0.717, 1.165) is 33.1 Å². The number of anilines is 2. The van der Waals surface area contributed by atoms with Crippen molar-refractivity contribution < 1.29 is 19.1 Å². The zero-order valence-electron chi connectivity index (χ0n) is 23.2. The molecule has 1 saturated heterocycles. The molecule has 0 unspecified atom stereocenters. The Hall–Kier alpha value is -4.61. The molecule has 6 rings (SSSR count). The highest BCUT2D eigenvalue weighted by Crippen LogP contribution is 2.31. The molecule has 0 bridgehead atoms. The fourth-order valence-electron chi connectivity index (χ4n) is 5.08. The molecule has 1 amide bonds. The number of carbonyl (C=O) groups excluding carboxylic acids is 2. The summed E-state index contributed by atoms with van der Waals surface area (Å²) in [7, 11) is 0. The lowest BCUT2D eigenvalue weighted by atomic mass is 10.1. The van der Waals surface area contributed by atoms with Crippen molar-refractivity contribution in [1.82, 2.24) is 20.1 Å². The second kappa shape index (κ2) is 12.5. The van der Waals surface area contributed by atoms with Gasteiger partial charge in [0.05, 0.1) is 24.4 Å². The smallest absolute Gasteiger partial charge is 0.341 e. The third-order valence-corrected chi connectivity index (χ3v) is 7.91. The summed E-state index contributed by atoms with van der Waals surface area (Å²) in [5.74, 6) is 0.220. The van der Waals surface area contributed by atoms with Gasteiger partial charge < -0.3 is 14.4 Å². The Bertz CT molecular complexity index is 1730. The van der Waals surface area contributed by atoms with Gasteiger partial charge in [-0.25, -0.2) is 4.79 Å². The average Bonchev–Trinajstić information content (AvgIpc) is 3.46. The zero-order valence-corrected chi connectivity index (χ0v) is 24.0. The van der Waals surface area contributed by atoms with Crippen LogP contribution < -0.4 is 15.0 Å². The van der Waals surface area contributed by atoms with Crippen molar-refractivity contribution in [2.24, 2.45) is 0 Å². The molecule has 2 aromatic heterocycles. The maximum atomic E-state index is 12.8. The van der Waals surface area contributed by atoms with Crippen LogP contribution in [0.4, 0.5) is 10.8 Å². The Labute approximate surface area is 246 Å². The second-order valence-electron chi connectivity index (χ2n) is 9.87. The van der Waals surface area contributed by atoms with Gasteiger partial charge in [0.2, 0.25) is 11.0 Å². The van der Waals surface area contributed by atoms with E-state index >= 15 is 0 Å². The molecule has 1 aliphatic heterocycles. The number of amides is 1. The number of fused-ring (bicyclic) bond motifs is 2. The van der Waals surface area contributed by atoms with E-state index in [-0.39, 0.29) is 25.0 Å². The number of nitrogens with zero attached hydrogens (tertiary/aromatic N) is 5. The number of aromatic nitrogens is 3. The lowest BCUT2D eigenvalue weighted by Crippen LogP contribution is -2.49. The number of hydrogen-bond donors (Lipinski definition) is 1. The van der Waals surface area contributed by atoms with Gasteiger partial charge in [0.15, 0.2) is 5.01 Å². The van der Waals surface area contributed by atoms with Crippen molar-refractivity contribution in [3.63, 3.8) is 0 Å². The molecule has 214 valence electrons. The van der Waals surface area contributed by atoms with Crippen LogP contribution in [0, 0.1) is 0 Å². The van der Waals surface area contributed by atoms with E-state index in [1.807, 2.05) is 60.7 Å². The number of ether oxygens (including phenoxy) is 2. The van der Waals surface area contributed by atoms with Crippen LogP contribution in [0.15, 0.2) is 72.9 Å². The number of nitrogens with one attached hydrogen (secondary N) is 1. The minimum absolute atomic E-state index is 0.150. The third kappa shape index (κ3) is 6.17. The van der Waals surface area contributed by atoms with Crippen LogP contribution in [-0.2, 0) is 16.1 Å². The summed E-state index contributed by atoms with van der Waals surface area (Å²) in [6.07, 6.45) is 1.60. The first-order chi connectivity index (χ1) is 20.6. The molecule has 10 nitrogen and oxygen atoms in total. The largest absolute Gasteiger partial charge is 0.486 e. The average molecular weight is 583 g/mol. The fraction of sp³-hybridized carbons (Fsp3) is 0.258. The Kier molecular flexibility index (Phi) is 8.20. The maximum Gasteiger partial charge on any atom is 0.341 e. The highest BCUT2D eigenvalue weighted by atomic mass is 32.1. The highest BCUT2D eigenvalue weighted by molar-refractivity contribution is 7.15. The highest BCUT2D eigenvalue weighted by Gasteiger charge is 2.26. The van der Waals surface area contributed by atoms with Gasteiger partial charge in [-0.2, -0.15) is 0 Å². The quantitative estimate of drug-likeness (QED) is 0.246. The van der Waals surface area contributed by atoms with Crippen LogP contribution in [-0.4, -0.2) is 71.3 Å². The molecule has 1 aliphatic rings. The summed E-state index contributed by atoms with van der Waals surface area (Å²) in [6.45, 7) is 5.22. The fourth-order valence-corrected chi connectivity index (χ4v) is 5.75. The van der Waals surface area contributed by atoms with Crippen molar-refractivity contribution in [3.05, 3.63) is 83.5 Å². The minimum atomic E-state index is -0.383. The SMILES string of the molecule is CCOC(=O)c1cnc2ccccc2c1N1CCN(CC(=O)Nc2nnc(COc3ccc4ccccc4c3)s2)CC1. The molecule has 3 heterocycles. The van der Waals surface area contributed by atoms with Crippen molar-refractivity contribution in [2.75, 3.05) is 49.5 Å². The predicted molar refractivity (Wildman–Crippen MR) is 163 cm³/mol. The van der Waals surface area contributed by atoms with Crippen LogP contribution >= 0.6 is 11.3 Å². The Morgan fingerprint density at radius 1 is 0.952 bits per heavy atom. The van der Waals surface area contributed by atoms with Gasteiger partial charge in [-0.15, -0.1) is 10.2 Å². The number of hydrogen-bond acceptors (Lipinski definition) is 10. The van der Waals surface area contributed by atoms with Crippen LogP contribution in [0.3, 0.4) is 0 Å². The Morgan fingerprint density at radius 2 is 1.74 bits per heavy atom. The van der Waals surface area contributed by atoms with E-state index in [9.17, 15) is 9.59 Å². The van der Waals surface area contributed by atoms with Gasteiger partial charge >= 0.3 is 5.97 Å². The first-order valence-electron chi connectivity index (χ1n) is 13.8. The Balaban J connectivity index is 1.03. The van der Waals surface area contributed by atoms with E-state index in [1.165, 1.54) is 11.3 Å². The molecular weight excluding hydrogens is 552 g/mol. The molecular formula is C31H30N6O4S. The number of benzene rings is 3. The Morgan fingerprint density at radius 3 is 2.57 bits per heavy atom. The molecule has 5 aromatic rings. The van der Waals surface area contributed by atoms with Gasteiger partial charge in [-0.3, -0.25) is 20.0 Å². The standard InChI is InChI=1S/C31H30N6O4S/c1-2-40-30(39)25-18-32-26-10-6-5-9-24(26)29(25)37-15-13-36(14-16-37)19-27(38)33-31-35-34-28(42-31)20-41-23-12-11-21-7-3-4-8-22(21)17-23/h3-12,17-18H,2,13-16,19-20H2,1H3,(H,33,35,38). The van der Waals surface area contributed by atoms with Gasteiger partial charge in [-0.05, 0) is 35.9 Å². The maximum absolute atomic E-state index is 12.8. The summed E-state index contributed by atoms with van der Waals surface area (Å²) in [5.41, 5.74) is 2.11. The van der Waals surface area contributed by atoms with E-state index in [1.54, 1.807) is 13.1 Å². The molecule has 3 aromatic carbocycles. The number of pyridine rings is 1. The molecule has 0 saturated carbocycles. The summed E-state index contributed by atoms with van der Waals surface area (Å²) >= 11 is 1.30. The number of piperazine rings is 1. The number of para-hydroxylation sites is 1. The normalized spacial score (nSPS) is 13.8. The zero-order chi connectivity index (χ0) is 28.9. The molecule has 0 aliphatic carbocycles. The first kappa shape index (κ1) is 27.6. The van der Waals surface area contributed by atoms with Gasteiger partial charge in [0.1, 0.15) is 17.9 Å². The van der Waals surface area contributed by atoms with Gasteiger partial charge in [-0.1, -0.05) is 59.9 Å². The summed E-state index contributed by atoms with van der Waals surface area (Å²) < 4.78 is 11.2. The first-order valence-corrected chi connectivity index (χ1v) is 14.6. The topological polar surface area (TPSA) is 110 Å². The molecule has 0 radical (unpaired) electrons. The number of esters is 1. The predicted octanol–water partition coefficient (Wildman–Crippen LogP) is 4.76. The van der Waals surface area contributed by atoms with Crippen molar-refractivity contribution in [3.8, 4) is 5.75 Å². The molecule has 42 heavy (non-hydrogen) atoms. The van der Waals surface area contributed by atoms with E-state index in [2.05, 4.69) is 36.4 Å². The van der Waals surface area contributed by atoms with Crippen LogP contribution in [0.25, 0.3) is 21.7 Å². The van der Waals surface area contributed by atoms with E-state index < -0.39 is 0 Å². The lowest BCUT2D eigenvalue weighted by Gasteiger charge is -2.36. The monoisotopic (exact) mass is 582 g/mol. The van der Waals surface area contributed by atoms with Gasteiger partial charge in [0, 0.05) is 37.8 Å². The molecule has 1 N–H and O–H groups in total. The van der Waals surface area contributed by atoms with Crippen LogP contribution in [0.2, 0.25) is 0 Å². The second-order valence-corrected chi connectivity index (χ2v) is 10.9. The van der Waals surface area contributed by atoms with Crippen molar-refractivity contribution in [1.29, 1.82) is 0 Å². The summed E-state index contributed by atoms with van der Waals surface area (Å²) in [6, 6.07) is 21.8. The number of carbonyl (C=O) groups is 2. The number of rotatable bonds is 9. The summed E-state index contributed by atoms with van der Waals surface area (Å²) in [4.78, 5) is 34.3. The molecule has 1 fully saturated rings. The van der Waals surface area contributed by atoms with Crippen LogP contribution in [0.1, 0.15) is 22.3 Å².